The zero-order valence-corrected chi connectivity index (χ0v) is 16.4. The Hall–Kier alpha value is -3.79. The summed E-state index contributed by atoms with van der Waals surface area (Å²) in [6.07, 6.45) is 1.41. The molecule has 3 aromatic heterocycles. The molecule has 0 saturated carbocycles. The van der Waals surface area contributed by atoms with Crippen LogP contribution in [0.2, 0.25) is 0 Å². The van der Waals surface area contributed by atoms with E-state index in [4.69, 9.17) is 8.94 Å². The van der Waals surface area contributed by atoms with Gasteiger partial charge in [0.15, 0.2) is 5.76 Å². The molecule has 0 bridgehead atoms. The molecular formula is C20H15FN4O4S. The molecule has 0 fully saturated rings. The highest BCUT2D eigenvalue weighted by atomic mass is 32.1. The molecule has 0 radical (unpaired) electrons. The number of nitrogens with one attached hydrogen (secondary N) is 2. The van der Waals surface area contributed by atoms with Gasteiger partial charge >= 0.3 is 0 Å². The average molecular weight is 426 g/mol. The summed E-state index contributed by atoms with van der Waals surface area (Å²) in [6.45, 7) is 1.70. The van der Waals surface area contributed by atoms with Gasteiger partial charge in [0, 0.05) is 5.56 Å². The smallest absolute Gasteiger partial charge is 0.291 e. The Kier molecular flexibility index (Phi) is 5.40. The Bertz CT molecular complexity index is 1170. The van der Waals surface area contributed by atoms with E-state index < -0.39 is 11.9 Å². The van der Waals surface area contributed by atoms with E-state index in [1.807, 2.05) is 0 Å². The fraction of sp³-hybridized carbons (Fsp3) is 0.100. The minimum Gasteiger partial charge on any atom is -0.459 e. The van der Waals surface area contributed by atoms with Crippen molar-refractivity contribution in [3.63, 3.8) is 0 Å². The summed E-state index contributed by atoms with van der Waals surface area (Å²) in [5.41, 5.74) is 0.597. The van der Waals surface area contributed by atoms with Crippen molar-refractivity contribution in [2.75, 3.05) is 5.32 Å². The molecular weight excluding hydrogens is 411 g/mol. The predicted octanol–water partition coefficient (Wildman–Crippen LogP) is 4.27. The Labute approximate surface area is 173 Å². The van der Waals surface area contributed by atoms with E-state index in [9.17, 15) is 14.0 Å². The molecule has 4 aromatic rings. The third kappa shape index (κ3) is 4.28. The van der Waals surface area contributed by atoms with Crippen LogP contribution in [0.5, 0.6) is 0 Å². The number of thiophene rings is 1. The number of anilines is 1. The van der Waals surface area contributed by atoms with Gasteiger partial charge in [0.05, 0.1) is 16.1 Å². The first-order chi connectivity index (χ1) is 14.5. The van der Waals surface area contributed by atoms with Crippen LogP contribution in [0.25, 0.3) is 11.4 Å². The van der Waals surface area contributed by atoms with Crippen LogP contribution in [0.3, 0.4) is 0 Å². The van der Waals surface area contributed by atoms with E-state index >= 15 is 0 Å². The van der Waals surface area contributed by atoms with E-state index in [0.717, 1.165) is 11.3 Å². The zero-order chi connectivity index (χ0) is 21.1. The number of carbonyl (C=O) groups excluding carboxylic acids is 2. The Morgan fingerprint density at radius 3 is 2.63 bits per heavy atom. The molecule has 2 amide bonds. The van der Waals surface area contributed by atoms with Gasteiger partial charge in [0.1, 0.15) is 11.9 Å². The molecule has 0 aliphatic rings. The molecule has 152 valence electrons. The molecule has 4 rings (SSSR count). The van der Waals surface area contributed by atoms with Gasteiger partial charge in [-0.1, -0.05) is 5.16 Å². The summed E-state index contributed by atoms with van der Waals surface area (Å²) >= 11 is 1.12. The van der Waals surface area contributed by atoms with Crippen LogP contribution < -0.4 is 10.6 Å². The zero-order valence-electron chi connectivity index (χ0n) is 15.6. The topological polar surface area (TPSA) is 110 Å². The highest BCUT2D eigenvalue weighted by molar-refractivity contribution is 7.18. The summed E-state index contributed by atoms with van der Waals surface area (Å²) in [4.78, 5) is 29.2. The van der Waals surface area contributed by atoms with Crippen LogP contribution in [0, 0.1) is 5.82 Å². The number of amides is 2. The second-order valence-corrected chi connectivity index (χ2v) is 7.34. The average Bonchev–Trinajstić information content (AvgIpc) is 3.49. The number of benzene rings is 1. The highest BCUT2D eigenvalue weighted by Gasteiger charge is 2.20. The number of rotatable bonds is 6. The minimum absolute atomic E-state index is 0.177. The standard InChI is InChI=1S/C20H15FN4O4S/c1-11(20-24-17(25-29-20)12-4-6-13(21)7-5-12)22-19(27)15-8-9-16(30-15)23-18(26)14-3-2-10-28-14/h2-11H,1H3,(H,22,27)(H,23,26). The lowest BCUT2D eigenvalue weighted by molar-refractivity contribution is 0.0935. The van der Waals surface area contributed by atoms with Gasteiger partial charge in [0.2, 0.25) is 11.7 Å². The van der Waals surface area contributed by atoms with Gasteiger partial charge in [-0.3, -0.25) is 9.59 Å². The van der Waals surface area contributed by atoms with Crippen molar-refractivity contribution < 1.29 is 22.9 Å². The first-order valence-corrected chi connectivity index (χ1v) is 9.66. The number of hydrogen-bond donors (Lipinski definition) is 2. The van der Waals surface area contributed by atoms with Crippen molar-refractivity contribution in [1.29, 1.82) is 0 Å². The van der Waals surface area contributed by atoms with Crippen molar-refractivity contribution in [2.24, 2.45) is 0 Å². The first-order valence-electron chi connectivity index (χ1n) is 8.84. The third-order valence-electron chi connectivity index (χ3n) is 4.07. The molecule has 0 spiro atoms. The third-order valence-corrected chi connectivity index (χ3v) is 5.07. The van der Waals surface area contributed by atoms with E-state index in [0.29, 0.717) is 21.3 Å². The summed E-state index contributed by atoms with van der Waals surface area (Å²) in [5, 5.41) is 9.80. The lowest BCUT2D eigenvalue weighted by atomic mass is 10.2. The summed E-state index contributed by atoms with van der Waals surface area (Å²) < 4.78 is 23.3. The number of furan rings is 1. The van der Waals surface area contributed by atoms with Gasteiger partial charge in [-0.25, -0.2) is 4.39 Å². The van der Waals surface area contributed by atoms with Gasteiger partial charge < -0.3 is 19.6 Å². The molecule has 1 aromatic carbocycles. The summed E-state index contributed by atoms with van der Waals surface area (Å²) in [7, 11) is 0. The lowest BCUT2D eigenvalue weighted by Crippen LogP contribution is -2.26. The fourth-order valence-electron chi connectivity index (χ4n) is 2.57. The number of halogens is 1. The monoisotopic (exact) mass is 426 g/mol. The molecule has 1 unspecified atom stereocenters. The number of carbonyl (C=O) groups is 2. The second kappa shape index (κ2) is 8.29. The number of hydrogen-bond acceptors (Lipinski definition) is 7. The van der Waals surface area contributed by atoms with Crippen LogP contribution in [-0.4, -0.2) is 22.0 Å². The largest absolute Gasteiger partial charge is 0.459 e. The number of nitrogens with zero attached hydrogens (tertiary/aromatic N) is 2. The molecule has 10 heteroatoms. The molecule has 0 aliphatic heterocycles. The molecule has 30 heavy (non-hydrogen) atoms. The van der Waals surface area contributed by atoms with Crippen LogP contribution in [-0.2, 0) is 0 Å². The number of aromatic nitrogens is 2. The molecule has 0 saturated heterocycles. The SMILES string of the molecule is CC(NC(=O)c1ccc(NC(=O)c2ccco2)s1)c1nc(-c2ccc(F)cc2)no1. The molecule has 1 atom stereocenters. The Morgan fingerprint density at radius 2 is 1.90 bits per heavy atom. The van der Waals surface area contributed by atoms with E-state index in [1.165, 1.54) is 30.5 Å². The maximum absolute atomic E-state index is 13.0. The van der Waals surface area contributed by atoms with Gasteiger partial charge in [0.25, 0.3) is 11.8 Å². The minimum atomic E-state index is -0.553. The summed E-state index contributed by atoms with van der Waals surface area (Å²) in [6, 6.07) is 11.5. The molecule has 2 N–H and O–H groups in total. The van der Waals surface area contributed by atoms with E-state index in [-0.39, 0.29) is 23.4 Å². The highest BCUT2D eigenvalue weighted by Crippen LogP contribution is 2.24. The second-order valence-electron chi connectivity index (χ2n) is 6.25. The Morgan fingerprint density at radius 1 is 1.10 bits per heavy atom. The lowest BCUT2D eigenvalue weighted by Gasteiger charge is -2.08. The van der Waals surface area contributed by atoms with Gasteiger partial charge in [-0.15, -0.1) is 11.3 Å². The van der Waals surface area contributed by atoms with Crippen molar-refractivity contribution in [3.05, 3.63) is 77.1 Å². The van der Waals surface area contributed by atoms with Gasteiger partial charge in [-0.05, 0) is 55.5 Å². The van der Waals surface area contributed by atoms with E-state index in [1.54, 1.807) is 31.2 Å². The molecule has 0 aliphatic carbocycles. The van der Waals surface area contributed by atoms with Crippen LogP contribution in [0.4, 0.5) is 9.39 Å². The van der Waals surface area contributed by atoms with Crippen LogP contribution >= 0.6 is 11.3 Å². The first kappa shape index (κ1) is 19.5. The maximum atomic E-state index is 13.0. The van der Waals surface area contributed by atoms with Crippen molar-refractivity contribution >= 4 is 28.2 Å². The fourth-order valence-corrected chi connectivity index (χ4v) is 3.37. The quantitative estimate of drug-likeness (QED) is 0.476. The van der Waals surface area contributed by atoms with Crippen molar-refractivity contribution in [1.82, 2.24) is 15.5 Å². The predicted molar refractivity (Wildman–Crippen MR) is 107 cm³/mol. The molecule has 3 heterocycles. The van der Waals surface area contributed by atoms with Crippen molar-refractivity contribution in [3.8, 4) is 11.4 Å². The summed E-state index contributed by atoms with van der Waals surface area (Å²) in [5.74, 6) is -0.431. The van der Waals surface area contributed by atoms with E-state index in [2.05, 4.69) is 20.8 Å². The van der Waals surface area contributed by atoms with Crippen LogP contribution in [0.15, 0.2) is 63.7 Å². The maximum Gasteiger partial charge on any atom is 0.291 e. The normalized spacial score (nSPS) is 11.8. The molecule has 8 nitrogen and oxygen atoms in total. The van der Waals surface area contributed by atoms with Crippen molar-refractivity contribution in [2.45, 2.75) is 13.0 Å². The van der Waals surface area contributed by atoms with Gasteiger partial charge in [-0.2, -0.15) is 4.98 Å². The van der Waals surface area contributed by atoms with Crippen LogP contribution in [0.1, 0.15) is 39.1 Å². The Balaban J connectivity index is 1.39.